The standard InChI is InChI=1S/C17H20F2N2/c1-3-12-4-6-14(21-11-12)10-15(20-2)8-13-5-7-16(18)17(19)9-13/h4-7,9,11,15,20H,3,8,10H2,1-2H3. The number of hydrogen-bond acceptors (Lipinski definition) is 2. The molecule has 1 aromatic carbocycles. The number of aryl methyl sites for hydroxylation is 1. The van der Waals surface area contributed by atoms with Crippen LogP contribution in [0.4, 0.5) is 8.78 Å². The highest BCUT2D eigenvalue weighted by Gasteiger charge is 2.11. The molecule has 2 aromatic rings. The van der Waals surface area contributed by atoms with E-state index in [9.17, 15) is 8.78 Å². The molecule has 112 valence electrons. The maximum Gasteiger partial charge on any atom is 0.159 e. The maximum atomic E-state index is 13.2. The van der Waals surface area contributed by atoms with Gasteiger partial charge in [-0.1, -0.05) is 19.1 Å². The molecule has 0 aliphatic rings. The summed E-state index contributed by atoms with van der Waals surface area (Å²) in [5, 5.41) is 3.21. The number of halogens is 2. The van der Waals surface area contributed by atoms with Crippen molar-refractivity contribution in [2.45, 2.75) is 32.2 Å². The number of likely N-dealkylation sites (N-methyl/N-ethyl adjacent to an activating group) is 1. The number of pyridine rings is 1. The van der Waals surface area contributed by atoms with E-state index in [1.54, 1.807) is 6.07 Å². The predicted molar refractivity (Wildman–Crippen MR) is 80.2 cm³/mol. The van der Waals surface area contributed by atoms with E-state index < -0.39 is 11.6 Å². The van der Waals surface area contributed by atoms with Crippen molar-refractivity contribution < 1.29 is 8.78 Å². The van der Waals surface area contributed by atoms with Gasteiger partial charge in [-0.05, 0) is 49.2 Å². The van der Waals surface area contributed by atoms with E-state index in [4.69, 9.17) is 0 Å². The molecule has 1 N–H and O–H groups in total. The normalized spacial score (nSPS) is 12.4. The van der Waals surface area contributed by atoms with Crippen molar-refractivity contribution in [3.05, 3.63) is 65.0 Å². The van der Waals surface area contributed by atoms with Crippen LogP contribution in [0.25, 0.3) is 0 Å². The largest absolute Gasteiger partial charge is 0.316 e. The van der Waals surface area contributed by atoms with Gasteiger partial charge in [-0.2, -0.15) is 0 Å². The highest BCUT2D eigenvalue weighted by Crippen LogP contribution is 2.12. The van der Waals surface area contributed by atoms with Crippen molar-refractivity contribution in [3.63, 3.8) is 0 Å². The van der Waals surface area contributed by atoms with Crippen LogP contribution < -0.4 is 5.32 Å². The molecule has 0 spiro atoms. The van der Waals surface area contributed by atoms with E-state index in [1.807, 2.05) is 19.3 Å². The van der Waals surface area contributed by atoms with Gasteiger partial charge in [0.2, 0.25) is 0 Å². The summed E-state index contributed by atoms with van der Waals surface area (Å²) in [4.78, 5) is 4.44. The van der Waals surface area contributed by atoms with Gasteiger partial charge in [0.1, 0.15) is 0 Å². The van der Waals surface area contributed by atoms with E-state index in [2.05, 4.69) is 23.3 Å². The third-order valence-corrected chi connectivity index (χ3v) is 3.62. The summed E-state index contributed by atoms with van der Waals surface area (Å²) >= 11 is 0. The van der Waals surface area contributed by atoms with E-state index in [-0.39, 0.29) is 6.04 Å². The number of hydrogen-bond donors (Lipinski definition) is 1. The fourth-order valence-corrected chi connectivity index (χ4v) is 2.26. The molecule has 2 rings (SSSR count). The predicted octanol–water partition coefficient (Wildman–Crippen LogP) is 3.30. The zero-order chi connectivity index (χ0) is 15.2. The molecule has 0 aliphatic heterocycles. The molecule has 0 fully saturated rings. The second kappa shape index (κ2) is 7.27. The van der Waals surface area contributed by atoms with Gasteiger partial charge in [0.05, 0.1) is 0 Å². The Bertz CT molecular complexity index is 582. The van der Waals surface area contributed by atoms with Gasteiger partial charge >= 0.3 is 0 Å². The number of nitrogens with one attached hydrogen (secondary N) is 1. The van der Waals surface area contributed by atoms with Crippen molar-refractivity contribution in [1.29, 1.82) is 0 Å². The first-order valence-electron chi connectivity index (χ1n) is 7.17. The fraction of sp³-hybridized carbons (Fsp3) is 0.353. The lowest BCUT2D eigenvalue weighted by atomic mass is 10.0. The molecular weight excluding hydrogens is 270 g/mol. The topological polar surface area (TPSA) is 24.9 Å². The molecule has 0 radical (unpaired) electrons. The Balaban J connectivity index is 2.03. The van der Waals surface area contributed by atoms with Gasteiger partial charge in [0.25, 0.3) is 0 Å². The molecule has 21 heavy (non-hydrogen) atoms. The quantitative estimate of drug-likeness (QED) is 0.883. The van der Waals surface area contributed by atoms with Gasteiger partial charge in [-0.3, -0.25) is 4.98 Å². The number of aromatic nitrogens is 1. The molecule has 1 unspecified atom stereocenters. The summed E-state index contributed by atoms with van der Waals surface area (Å²) in [6, 6.07) is 8.28. The first-order chi connectivity index (χ1) is 10.1. The molecule has 0 aliphatic carbocycles. The monoisotopic (exact) mass is 290 g/mol. The summed E-state index contributed by atoms with van der Waals surface area (Å²) in [6.45, 7) is 2.09. The summed E-state index contributed by atoms with van der Waals surface area (Å²) in [5.41, 5.74) is 2.98. The van der Waals surface area contributed by atoms with Crippen molar-refractivity contribution in [2.24, 2.45) is 0 Å². The lowest BCUT2D eigenvalue weighted by Gasteiger charge is -2.16. The number of rotatable bonds is 6. The van der Waals surface area contributed by atoms with E-state index in [0.29, 0.717) is 6.42 Å². The molecular formula is C17H20F2N2. The zero-order valence-corrected chi connectivity index (χ0v) is 12.4. The summed E-state index contributed by atoms with van der Waals surface area (Å²) in [6.07, 6.45) is 4.24. The van der Waals surface area contributed by atoms with Crippen molar-refractivity contribution in [1.82, 2.24) is 10.3 Å². The smallest absolute Gasteiger partial charge is 0.159 e. The third kappa shape index (κ3) is 4.33. The second-order valence-electron chi connectivity index (χ2n) is 5.15. The van der Waals surface area contributed by atoms with E-state index in [0.717, 1.165) is 24.1 Å². The van der Waals surface area contributed by atoms with Gasteiger partial charge in [0.15, 0.2) is 11.6 Å². The maximum absolute atomic E-state index is 13.2. The first-order valence-corrected chi connectivity index (χ1v) is 7.17. The second-order valence-corrected chi connectivity index (χ2v) is 5.15. The van der Waals surface area contributed by atoms with Crippen LogP contribution in [-0.2, 0) is 19.3 Å². The van der Waals surface area contributed by atoms with Crippen LogP contribution in [-0.4, -0.2) is 18.1 Å². The van der Waals surface area contributed by atoms with Crippen molar-refractivity contribution >= 4 is 0 Å². The van der Waals surface area contributed by atoms with Crippen LogP contribution in [0.2, 0.25) is 0 Å². The number of nitrogens with zero attached hydrogens (tertiary/aromatic N) is 1. The van der Waals surface area contributed by atoms with Crippen LogP contribution in [0.15, 0.2) is 36.5 Å². The highest BCUT2D eigenvalue weighted by molar-refractivity contribution is 5.20. The molecule has 0 bridgehead atoms. The Hall–Kier alpha value is -1.81. The van der Waals surface area contributed by atoms with Crippen molar-refractivity contribution in [3.8, 4) is 0 Å². The fourth-order valence-electron chi connectivity index (χ4n) is 2.26. The van der Waals surface area contributed by atoms with Gasteiger partial charge in [-0.15, -0.1) is 0 Å². The van der Waals surface area contributed by atoms with Crippen LogP contribution in [0.5, 0.6) is 0 Å². The average Bonchev–Trinajstić information content (AvgIpc) is 2.51. The van der Waals surface area contributed by atoms with Crippen LogP contribution in [0.3, 0.4) is 0 Å². The van der Waals surface area contributed by atoms with Gasteiger partial charge in [-0.25, -0.2) is 8.78 Å². The minimum Gasteiger partial charge on any atom is -0.316 e. The van der Waals surface area contributed by atoms with E-state index in [1.165, 1.54) is 17.7 Å². The number of benzene rings is 1. The van der Waals surface area contributed by atoms with Gasteiger partial charge < -0.3 is 5.32 Å². The van der Waals surface area contributed by atoms with Crippen LogP contribution >= 0.6 is 0 Å². The third-order valence-electron chi connectivity index (χ3n) is 3.62. The minimum atomic E-state index is -0.809. The SMILES string of the molecule is CCc1ccc(CC(Cc2ccc(F)c(F)c2)NC)nc1. The van der Waals surface area contributed by atoms with E-state index >= 15 is 0 Å². The first kappa shape index (κ1) is 15.6. The summed E-state index contributed by atoms with van der Waals surface area (Å²) in [7, 11) is 1.87. The Morgan fingerprint density at radius 3 is 2.38 bits per heavy atom. The van der Waals surface area contributed by atoms with Crippen LogP contribution in [0.1, 0.15) is 23.7 Å². The molecule has 1 aromatic heterocycles. The molecule has 4 heteroatoms. The lowest BCUT2D eigenvalue weighted by Crippen LogP contribution is -2.30. The highest BCUT2D eigenvalue weighted by atomic mass is 19.2. The summed E-state index contributed by atoms with van der Waals surface area (Å²) < 4.78 is 26.2. The Morgan fingerprint density at radius 2 is 1.81 bits per heavy atom. The minimum absolute atomic E-state index is 0.134. The molecule has 2 nitrogen and oxygen atoms in total. The molecule has 0 amide bonds. The summed E-state index contributed by atoms with van der Waals surface area (Å²) in [5.74, 6) is -1.61. The molecule has 1 atom stereocenters. The Kier molecular flexibility index (Phi) is 5.39. The molecule has 0 saturated carbocycles. The molecule has 0 saturated heterocycles. The Morgan fingerprint density at radius 1 is 1.05 bits per heavy atom. The zero-order valence-electron chi connectivity index (χ0n) is 12.4. The molecule has 1 heterocycles. The Labute approximate surface area is 124 Å². The van der Waals surface area contributed by atoms with Crippen molar-refractivity contribution in [2.75, 3.05) is 7.05 Å². The average molecular weight is 290 g/mol. The lowest BCUT2D eigenvalue weighted by molar-refractivity contribution is 0.502. The van der Waals surface area contributed by atoms with Gasteiger partial charge in [0, 0.05) is 24.4 Å². The van der Waals surface area contributed by atoms with Crippen LogP contribution in [0, 0.1) is 11.6 Å².